The number of rotatable bonds is 3. The van der Waals surface area contributed by atoms with Crippen LogP contribution in [-0.4, -0.2) is 39.1 Å². The van der Waals surface area contributed by atoms with E-state index in [2.05, 4.69) is 29.0 Å². The van der Waals surface area contributed by atoms with Gasteiger partial charge in [0.25, 0.3) is 5.89 Å². The van der Waals surface area contributed by atoms with Crippen molar-refractivity contribution in [1.82, 2.24) is 20.1 Å². The molecule has 3 atom stereocenters. The maximum absolute atomic E-state index is 14.5. The standard InChI is InChI=1S/C26H26F2N4O2/c1-25(2)17-8-9-26(25,15-5-4-11-32(14-15)24(33)23-29-10-12-34-23)22-16(17)13-20(30-31-22)21-18(27)6-3-7-19(21)28/h3,6-7,10,12-13,15,17H,4-5,8-9,11,14H2,1-2H3. The smallest absolute Gasteiger partial charge is 0.309 e. The number of oxazole rings is 1. The van der Waals surface area contributed by atoms with E-state index in [-0.39, 0.29) is 45.7 Å². The van der Waals surface area contributed by atoms with E-state index in [0.717, 1.165) is 36.9 Å². The Balaban J connectivity index is 1.40. The number of halogens is 2. The Morgan fingerprint density at radius 1 is 1.18 bits per heavy atom. The topological polar surface area (TPSA) is 72.1 Å². The van der Waals surface area contributed by atoms with E-state index in [1.165, 1.54) is 30.7 Å². The van der Waals surface area contributed by atoms with Crippen molar-refractivity contribution in [1.29, 1.82) is 0 Å². The molecule has 34 heavy (non-hydrogen) atoms. The highest BCUT2D eigenvalue weighted by molar-refractivity contribution is 5.89. The Kier molecular flexibility index (Phi) is 4.66. The Morgan fingerprint density at radius 2 is 1.97 bits per heavy atom. The lowest BCUT2D eigenvalue weighted by molar-refractivity contribution is 0.0396. The molecule has 2 aromatic heterocycles. The van der Waals surface area contributed by atoms with Gasteiger partial charge in [0.2, 0.25) is 0 Å². The van der Waals surface area contributed by atoms with Gasteiger partial charge in [0.15, 0.2) is 0 Å². The summed E-state index contributed by atoms with van der Waals surface area (Å²) in [5, 5.41) is 8.97. The first-order valence-corrected chi connectivity index (χ1v) is 11.9. The van der Waals surface area contributed by atoms with Crippen LogP contribution in [0.4, 0.5) is 8.78 Å². The number of hydrogen-bond acceptors (Lipinski definition) is 5. The summed E-state index contributed by atoms with van der Waals surface area (Å²) in [5.41, 5.74) is 1.72. The summed E-state index contributed by atoms with van der Waals surface area (Å²) in [4.78, 5) is 18.8. The van der Waals surface area contributed by atoms with Crippen LogP contribution < -0.4 is 0 Å². The van der Waals surface area contributed by atoms with E-state index >= 15 is 0 Å². The summed E-state index contributed by atoms with van der Waals surface area (Å²) in [6.45, 7) is 5.80. The van der Waals surface area contributed by atoms with Gasteiger partial charge in [-0.3, -0.25) is 4.79 Å². The fraction of sp³-hybridized carbons (Fsp3) is 0.462. The summed E-state index contributed by atoms with van der Waals surface area (Å²) in [6, 6.07) is 5.68. The largest absolute Gasteiger partial charge is 0.441 e. The monoisotopic (exact) mass is 464 g/mol. The molecule has 1 saturated heterocycles. The molecule has 3 aromatic rings. The summed E-state index contributed by atoms with van der Waals surface area (Å²) >= 11 is 0. The van der Waals surface area contributed by atoms with Crippen molar-refractivity contribution in [3.8, 4) is 11.3 Å². The van der Waals surface area contributed by atoms with Crippen molar-refractivity contribution in [3.63, 3.8) is 0 Å². The van der Waals surface area contributed by atoms with Gasteiger partial charge in [-0.25, -0.2) is 13.8 Å². The van der Waals surface area contributed by atoms with E-state index in [1.807, 2.05) is 11.0 Å². The number of carbonyl (C=O) groups is 1. The predicted octanol–water partition coefficient (Wildman–Crippen LogP) is 5.12. The fourth-order valence-corrected chi connectivity index (χ4v) is 7.17. The third-order valence-corrected chi connectivity index (χ3v) is 8.71. The van der Waals surface area contributed by atoms with E-state index in [4.69, 9.17) is 4.42 Å². The number of likely N-dealkylation sites (tertiary alicyclic amines) is 1. The van der Waals surface area contributed by atoms with Gasteiger partial charge in [0.1, 0.15) is 17.9 Å². The Labute approximate surface area is 196 Å². The third kappa shape index (κ3) is 2.77. The second-order valence-electron chi connectivity index (χ2n) is 10.3. The second-order valence-corrected chi connectivity index (χ2v) is 10.3. The zero-order chi connectivity index (χ0) is 23.7. The van der Waals surface area contributed by atoms with Gasteiger partial charge in [0.05, 0.1) is 23.1 Å². The molecule has 1 amide bonds. The van der Waals surface area contributed by atoms with Gasteiger partial charge < -0.3 is 9.32 Å². The summed E-state index contributed by atoms with van der Waals surface area (Å²) < 4.78 is 34.2. The zero-order valence-electron chi connectivity index (χ0n) is 19.2. The number of amides is 1. The highest BCUT2D eigenvalue weighted by Gasteiger charge is 2.66. The molecule has 6 rings (SSSR count). The van der Waals surface area contributed by atoms with Crippen molar-refractivity contribution in [2.24, 2.45) is 11.3 Å². The second kappa shape index (κ2) is 7.42. The van der Waals surface area contributed by atoms with Crippen LogP contribution >= 0.6 is 0 Å². The zero-order valence-corrected chi connectivity index (χ0v) is 19.2. The molecule has 3 heterocycles. The molecule has 6 nitrogen and oxygen atoms in total. The van der Waals surface area contributed by atoms with Crippen LogP contribution in [0.25, 0.3) is 11.3 Å². The molecule has 2 fully saturated rings. The average Bonchev–Trinajstić information content (AvgIpc) is 3.50. The highest BCUT2D eigenvalue weighted by atomic mass is 19.1. The van der Waals surface area contributed by atoms with Gasteiger partial charge in [-0.2, -0.15) is 10.2 Å². The summed E-state index contributed by atoms with van der Waals surface area (Å²) in [7, 11) is 0. The Hall–Kier alpha value is -3.16. The third-order valence-electron chi connectivity index (χ3n) is 8.71. The maximum atomic E-state index is 14.5. The number of nitrogens with zero attached hydrogens (tertiary/aromatic N) is 4. The first-order valence-electron chi connectivity index (χ1n) is 11.9. The van der Waals surface area contributed by atoms with Crippen LogP contribution in [0.15, 0.2) is 41.1 Å². The molecular weight excluding hydrogens is 438 g/mol. The molecule has 3 aliphatic rings. The lowest BCUT2D eigenvalue weighted by Crippen LogP contribution is -2.51. The fourth-order valence-electron chi connectivity index (χ4n) is 7.17. The number of carbonyl (C=O) groups excluding carboxylic acids is 1. The van der Waals surface area contributed by atoms with Gasteiger partial charge >= 0.3 is 5.91 Å². The van der Waals surface area contributed by atoms with Gasteiger partial charge in [-0.1, -0.05) is 19.9 Å². The number of benzene rings is 1. The van der Waals surface area contributed by atoms with Crippen LogP contribution in [0, 0.1) is 23.0 Å². The van der Waals surface area contributed by atoms with Crippen LogP contribution in [0.5, 0.6) is 0 Å². The molecule has 1 aromatic carbocycles. The number of piperidine rings is 1. The minimum Gasteiger partial charge on any atom is -0.441 e. The van der Waals surface area contributed by atoms with E-state index < -0.39 is 11.6 Å². The molecule has 2 aliphatic carbocycles. The van der Waals surface area contributed by atoms with Crippen molar-refractivity contribution in [3.05, 3.63) is 65.5 Å². The van der Waals surface area contributed by atoms with Crippen molar-refractivity contribution >= 4 is 5.91 Å². The van der Waals surface area contributed by atoms with Crippen molar-refractivity contribution < 1.29 is 18.0 Å². The highest BCUT2D eigenvalue weighted by Crippen LogP contribution is 2.70. The Morgan fingerprint density at radius 3 is 2.71 bits per heavy atom. The average molecular weight is 465 g/mol. The first kappa shape index (κ1) is 21.4. The molecule has 1 aliphatic heterocycles. The summed E-state index contributed by atoms with van der Waals surface area (Å²) in [5.74, 6) is -0.923. The van der Waals surface area contributed by atoms with Crippen molar-refractivity contribution in [2.75, 3.05) is 13.1 Å². The quantitative estimate of drug-likeness (QED) is 0.538. The lowest BCUT2D eigenvalue weighted by Gasteiger charge is -2.48. The molecule has 0 N–H and O–H groups in total. The molecule has 0 radical (unpaired) electrons. The molecule has 0 spiro atoms. The lowest BCUT2D eigenvalue weighted by atomic mass is 9.59. The number of aromatic nitrogens is 3. The summed E-state index contributed by atoms with van der Waals surface area (Å²) in [6.07, 6.45) is 6.71. The maximum Gasteiger partial charge on any atom is 0.309 e. The van der Waals surface area contributed by atoms with Crippen LogP contribution in [0.3, 0.4) is 0 Å². The normalized spacial score (nSPS) is 27.1. The molecule has 3 unspecified atom stereocenters. The van der Waals surface area contributed by atoms with Gasteiger partial charge in [-0.05, 0) is 66.7 Å². The first-order chi connectivity index (χ1) is 16.3. The Bertz CT molecular complexity index is 1260. The van der Waals surface area contributed by atoms with Gasteiger partial charge in [-0.15, -0.1) is 0 Å². The molecule has 176 valence electrons. The SMILES string of the molecule is CC1(C)C2CCC1(C1CCCN(C(=O)c3ncco3)C1)c1nnc(-c3c(F)cccc3F)cc12. The number of hydrogen-bond donors (Lipinski definition) is 0. The minimum atomic E-state index is -0.639. The van der Waals surface area contributed by atoms with Crippen LogP contribution in [0.2, 0.25) is 0 Å². The molecule has 8 heteroatoms. The molecule has 1 saturated carbocycles. The van der Waals surface area contributed by atoms with Crippen molar-refractivity contribution in [2.45, 2.75) is 50.9 Å². The molecular formula is C26H26F2N4O2. The minimum absolute atomic E-state index is 0.115. The van der Waals surface area contributed by atoms with E-state index in [1.54, 1.807) is 0 Å². The van der Waals surface area contributed by atoms with Crippen LogP contribution in [0.1, 0.15) is 67.4 Å². The van der Waals surface area contributed by atoms with E-state index in [9.17, 15) is 13.6 Å². The number of fused-ring (bicyclic) bond motifs is 5. The van der Waals surface area contributed by atoms with Gasteiger partial charge in [0, 0.05) is 18.5 Å². The molecule has 2 bridgehead atoms. The van der Waals surface area contributed by atoms with Crippen LogP contribution in [-0.2, 0) is 5.41 Å². The van der Waals surface area contributed by atoms with E-state index in [0.29, 0.717) is 13.1 Å². The predicted molar refractivity (Wildman–Crippen MR) is 120 cm³/mol.